The van der Waals surface area contributed by atoms with Gasteiger partial charge in [0.15, 0.2) is 0 Å². The fraction of sp³-hybridized carbons (Fsp3) is 0.450. The van der Waals surface area contributed by atoms with E-state index in [1.165, 1.54) is 0 Å². The summed E-state index contributed by atoms with van der Waals surface area (Å²) in [6.45, 7) is 8.70. The number of morpholine rings is 1. The molecule has 0 N–H and O–H groups in total. The lowest BCUT2D eigenvalue weighted by Crippen LogP contribution is -2.47. The third kappa shape index (κ3) is 3.65. The van der Waals surface area contributed by atoms with Gasteiger partial charge in [-0.15, -0.1) is 0 Å². The molecular weight excluding hydrogens is 368 g/mol. The maximum Gasteiger partial charge on any atom is 0.227 e. The fourth-order valence-corrected chi connectivity index (χ4v) is 3.90. The number of piperazine rings is 1. The lowest BCUT2D eigenvalue weighted by molar-refractivity contribution is 0.122. The zero-order valence-electron chi connectivity index (χ0n) is 16.5. The first-order valence-corrected chi connectivity index (χ1v) is 10.0. The van der Waals surface area contributed by atoms with Crippen molar-refractivity contribution in [1.82, 2.24) is 24.9 Å². The molecule has 2 saturated heterocycles. The average Bonchev–Trinajstić information content (AvgIpc) is 2.79. The van der Waals surface area contributed by atoms with Crippen LogP contribution in [0, 0.1) is 6.92 Å². The number of fused-ring (bicyclic) bond motifs is 1. The quantitative estimate of drug-likeness (QED) is 0.654. The summed E-state index contributed by atoms with van der Waals surface area (Å²) in [5, 5.41) is 1.04. The number of ether oxygens (including phenoxy) is 1. The van der Waals surface area contributed by atoms with E-state index in [2.05, 4.69) is 35.7 Å². The van der Waals surface area contributed by atoms with Gasteiger partial charge in [-0.3, -0.25) is 4.98 Å². The number of aromatic nitrogens is 5. The van der Waals surface area contributed by atoms with Crippen molar-refractivity contribution in [2.45, 2.75) is 6.92 Å². The number of hydrogen-bond donors (Lipinski definition) is 0. The van der Waals surface area contributed by atoms with Crippen LogP contribution in [0.25, 0.3) is 10.9 Å². The molecule has 2 fully saturated rings. The molecule has 0 saturated carbocycles. The van der Waals surface area contributed by atoms with Crippen molar-refractivity contribution >= 4 is 28.5 Å². The second kappa shape index (κ2) is 7.75. The molecule has 0 atom stereocenters. The molecule has 0 radical (unpaired) electrons. The van der Waals surface area contributed by atoms with E-state index >= 15 is 0 Å². The molecule has 0 spiro atoms. The van der Waals surface area contributed by atoms with Crippen LogP contribution in [-0.4, -0.2) is 77.4 Å². The van der Waals surface area contributed by atoms with Crippen LogP contribution in [0.3, 0.4) is 0 Å². The van der Waals surface area contributed by atoms with Gasteiger partial charge in [-0.1, -0.05) is 0 Å². The molecule has 0 amide bonds. The number of pyridine rings is 1. The fourth-order valence-electron chi connectivity index (χ4n) is 3.90. The normalized spacial score (nSPS) is 17.8. The molecule has 9 heteroatoms. The van der Waals surface area contributed by atoms with Crippen LogP contribution in [-0.2, 0) is 4.74 Å². The van der Waals surface area contributed by atoms with Crippen LogP contribution in [0.4, 0.5) is 17.6 Å². The van der Waals surface area contributed by atoms with E-state index in [0.29, 0.717) is 0 Å². The van der Waals surface area contributed by atoms with E-state index in [-0.39, 0.29) is 0 Å². The van der Waals surface area contributed by atoms with E-state index in [0.717, 1.165) is 86.7 Å². The van der Waals surface area contributed by atoms with Crippen LogP contribution >= 0.6 is 0 Å². The molecule has 150 valence electrons. The maximum absolute atomic E-state index is 5.47. The highest BCUT2D eigenvalue weighted by Gasteiger charge is 2.23. The molecule has 5 heterocycles. The van der Waals surface area contributed by atoms with Gasteiger partial charge in [-0.2, -0.15) is 4.98 Å². The first kappa shape index (κ1) is 18.0. The first-order chi connectivity index (χ1) is 14.3. The van der Waals surface area contributed by atoms with E-state index in [1.54, 1.807) is 18.7 Å². The number of hydrogen-bond acceptors (Lipinski definition) is 9. The monoisotopic (exact) mass is 392 g/mol. The van der Waals surface area contributed by atoms with Gasteiger partial charge in [0, 0.05) is 62.6 Å². The Morgan fingerprint density at radius 3 is 2.52 bits per heavy atom. The summed E-state index contributed by atoms with van der Waals surface area (Å²) in [7, 11) is 0. The largest absolute Gasteiger partial charge is 0.378 e. The van der Waals surface area contributed by atoms with Gasteiger partial charge in [0.2, 0.25) is 5.95 Å². The minimum atomic E-state index is 0.749. The van der Waals surface area contributed by atoms with Crippen molar-refractivity contribution in [3.8, 4) is 0 Å². The number of rotatable bonds is 3. The average molecular weight is 392 g/mol. The smallest absolute Gasteiger partial charge is 0.227 e. The zero-order chi connectivity index (χ0) is 19.6. The number of aryl methyl sites for hydroxylation is 1. The summed E-state index contributed by atoms with van der Waals surface area (Å²) < 4.78 is 5.47. The summed E-state index contributed by atoms with van der Waals surface area (Å²) in [6, 6.07) is 4.04. The van der Waals surface area contributed by atoms with E-state index in [9.17, 15) is 0 Å². The molecule has 3 aromatic heterocycles. The Kier molecular flexibility index (Phi) is 4.81. The van der Waals surface area contributed by atoms with E-state index in [1.807, 2.05) is 13.0 Å². The van der Waals surface area contributed by atoms with Crippen LogP contribution in [0.5, 0.6) is 0 Å². The molecule has 0 bridgehead atoms. The zero-order valence-corrected chi connectivity index (χ0v) is 16.5. The predicted octanol–water partition coefficient (Wildman–Crippen LogP) is 1.29. The van der Waals surface area contributed by atoms with Gasteiger partial charge < -0.3 is 19.4 Å². The SMILES string of the molecule is Cc1cc(N2CCOCC2)nc(N2CCN(c3ncnc4cnccc34)CC2)n1. The van der Waals surface area contributed by atoms with Crippen LogP contribution < -0.4 is 14.7 Å². The highest BCUT2D eigenvalue weighted by Crippen LogP contribution is 2.25. The molecule has 0 aromatic carbocycles. The Morgan fingerprint density at radius 1 is 0.897 bits per heavy atom. The summed E-state index contributed by atoms with van der Waals surface area (Å²) in [5.74, 6) is 2.77. The summed E-state index contributed by atoms with van der Waals surface area (Å²) in [6.07, 6.45) is 5.19. The van der Waals surface area contributed by atoms with Crippen molar-refractivity contribution in [3.05, 3.63) is 36.5 Å². The van der Waals surface area contributed by atoms with Crippen LogP contribution in [0.1, 0.15) is 5.69 Å². The molecule has 29 heavy (non-hydrogen) atoms. The predicted molar refractivity (Wildman–Crippen MR) is 112 cm³/mol. The summed E-state index contributed by atoms with van der Waals surface area (Å²) >= 11 is 0. The van der Waals surface area contributed by atoms with Gasteiger partial charge in [0.1, 0.15) is 18.0 Å². The van der Waals surface area contributed by atoms with Crippen molar-refractivity contribution in [3.63, 3.8) is 0 Å². The topological polar surface area (TPSA) is 83.4 Å². The van der Waals surface area contributed by atoms with Crippen molar-refractivity contribution < 1.29 is 4.74 Å². The molecule has 2 aliphatic heterocycles. The molecule has 5 rings (SSSR count). The summed E-state index contributed by atoms with van der Waals surface area (Å²) in [4.78, 5) is 29.4. The molecule has 0 unspecified atom stereocenters. The third-order valence-corrected chi connectivity index (χ3v) is 5.44. The first-order valence-electron chi connectivity index (χ1n) is 10.0. The minimum absolute atomic E-state index is 0.749. The third-order valence-electron chi connectivity index (χ3n) is 5.44. The van der Waals surface area contributed by atoms with Crippen molar-refractivity contribution in [2.75, 3.05) is 67.2 Å². The van der Waals surface area contributed by atoms with E-state index < -0.39 is 0 Å². The van der Waals surface area contributed by atoms with Gasteiger partial charge in [0.05, 0.1) is 24.9 Å². The van der Waals surface area contributed by atoms with Gasteiger partial charge in [0.25, 0.3) is 0 Å². The second-order valence-electron chi connectivity index (χ2n) is 7.33. The van der Waals surface area contributed by atoms with Crippen LogP contribution in [0.2, 0.25) is 0 Å². The van der Waals surface area contributed by atoms with Crippen molar-refractivity contribution in [2.24, 2.45) is 0 Å². The van der Waals surface area contributed by atoms with Crippen molar-refractivity contribution in [1.29, 1.82) is 0 Å². The van der Waals surface area contributed by atoms with Crippen LogP contribution in [0.15, 0.2) is 30.9 Å². The standard InChI is InChI=1S/C20H24N8O/c1-15-12-18(26-8-10-29-11-9-26)25-20(24-15)28-6-4-27(5-7-28)19-16-2-3-21-13-17(16)22-14-23-19/h2-3,12-14H,4-11H2,1H3. The highest BCUT2D eigenvalue weighted by molar-refractivity contribution is 5.88. The highest BCUT2D eigenvalue weighted by atomic mass is 16.5. The Hall–Kier alpha value is -3.07. The molecule has 0 aliphatic carbocycles. The maximum atomic E-state index is 5.47. The summed E-state index contributed by atoms with van der Waals surface area (Å²) in [5.41, 5.74) is 1.87. The molecule has 2 aliphatic rings. The lowest BCUT2D eigenvalue weighted by atomic mass is 10.2. The van der Waals surface area contributed by atoms with Gasteiger partial charge in [-0.05, 0) is 13.0 Å². The van der Waals surface area contributed by atoms with Gasteiger partial charge >= 0.3 is 0 Å². The Balaban J connectivity index is 1.33. The molecule has 3 aromatic rings. The molecular formula is C20H24N8O. The molecule has 9 nitrogen and oxygen atoms in total. The Morgan fingerprint density at radius 2 is 1.69 bits per heavy atom. The number of anilines is 3. The van der Waals surface area contributed by atoms with E-state index in [4.69, 9.17) is 14.7 Å². The van der Waals surface area contributed by atoms with Gasteiger partial charge in [-0.25, -0.2) is 15.0 Å². The Bertz CT molecular complexity index is 993. The minimum Gasteiger partial charge on any atom is -0.378 e. The second-order valence-corrected chi connectivity index (χ2v) is 7.33. The number of nitrogens with zero attached hydrogens (tertiary/aromatic N) is 8. The Labute approximate surface area is 169 Å². The lowest BCUT2D eigenvalue weighted by Gasteiger charge is -2.36.